The molecule has 49 heavy (non-hydrogen) atoms. The first-order valence-electron chi connectivity index (χ1n) is 17.0. The van der Waals surface area contributed by atoms with Gasteiger partial charge in [0.25, 0.3) is 5.91 Å². The number of amides is 3. The lowest BCUT2D eigenvalue weighted by molar-refractivity contribution is -0.158. The number of hydrogen-bond acceptors (Lipinski definition) is 5. The van der Waals surface area contributed by atoms with Gasteiger partial charge in [-0.2, -0.15) is 5.10 Å². The van der Waals surface area contributed by atoms with Gasteiger partial charge in [-0.1, -0.05) is 93.1 Å². The van der Waals surface area contributed by atoms with E-state index in [-0.39, 0.29) is 23.7 Å². The highest BCUT2D eigenvalue weighted by molar-refractivity contribution is 6.04. The number of nitrogens with zero attached hydrogens (tertiary/aromatic N) is 3. The number of benzene rings is 4. The first kappa shape index (κ1) is 32.1. The lowest BCUT2D eigenvalue weighted by Gasteiger charge is -2.46. The van der Waals surface area contributed by atoms with Crippen molar-refractivity contribution >= 4 is 34.3 Å². The van der Waals surface area contributed by atoms with E-state index in [1.165, 1.54) is 11.1 Å². The zero-order valence-corrected chi connectivity index (χ0v) is 28.0. The van der Waals surface area contributed by atoms with E-state index in [0.29, 0.717) is 42.9 Å². The average Bonchev–Trinajstić information content (AvgIpc) is 3.72. The van der Waals surface area contributed by atoms with Gasteiger partial charge >= 0.3 is 0 Å². The molecule has 0 bridgehead atoms. The molecule has 1 saturated heterocycles. The Kier molecular flexibility index (Phi) is 8.91. The van der Waals surface area contributed by atoms with Crippen molar-refractivity contribution in [2.24, 2.45) is 18.9 Å². The van der Waals surface area contributed by atoms with Crippen molar-refractivity contribution < 1.29 is 19.1 Å². The van der Waals surface area contributed by atoms with Crippen LogP contribution in [0.1, 0.15) is 48.6 Å². The van der Waals surface area contributed by atoms with Crippen molar-refractivity contribution in [1.29, 1.82) is 0 Å². The predicted octanol–water partition coefficient (Wildman–Crippen LogP) is 5.99. The van der Waals surface area contributed by atoms with Crippen LogP contribution < -0.4 is 15.4 Å². The molecule has 7 rings (SSSR count). The topological polar surface area (TPSA) is 106 Å². The van der Waals surface area contributed by atoms with Crippen LogP contribution in [-0.2, 0) is 40.9 Å². The molecule has 1 aliphatic carbocycles. The summed E-state index contributed by atoms with van der Waals surface area (Å²) in [6.07, 6.45) is 3.75. The number of carbonyl (C=O) groups is 3. The van der Waals surface area contributed by atoms with Crippen molar-refractivity contribution in [3.63, 3.8) is 0 Å². The van der Waals surface area contributed by atoms with Gasteiger partial charge in [-0.15, -0.1) is 0 Å². The zero-order chi connectivity index (χ0) is 34.1. The highest BCUT2D eigenvalue weighted by Crippen LogP contribution is 2.38. The second-order valence-corrected chi connectivity index (χ2v) is 13.2. The first-order chi connectivity index (χ1) is 23.8. The Balaban J connectivity index is 1.28. The Labute approximate surface area is 286 Å². The lowest BCUT2D eigenvalue weighted by Crippen LogP contribution is -2.68. The molecule has 4 aromatic carbocycles. The van der Waals surface area contributed by atoms with Crippen LogP contribution in [0.5, 0.6) is 5.75 Å². The van der Waals surface area contributed by atoms with Crippen LogP contribution >= 0.6 is 0 Å². The molecule has 9 heteroatoms. The van der Waals surface area contributed by atoms with Crippen molar-refractivity contribution in [2.45, 2.75) is 57.8 Å². The summed E-state index contributed by atoms with van der Waals surface area (Å²) in [5, 5.41) is 11.4. The third-order valence-corrected chi connectivity index (χ3v) is 10.1. The summed E-state index contributed by atoms with van der Waals surface area (Å²) < 4.78 is 7.94. The molecule has 2 heterocycles. The summed E-state index contributed by atoms with van der Waals surface area (Å²) in [6, 6.07) is 28.2. The molecule has 1 fully saturated rings. The number of aromatic nitrogens is 2. The van der Waals surface area contributed by atoms with Crippen molar-refractivity contribution in [2.75, 3.05) is 5.32 Å². The molecule has 0 spiro atoms. The van der Waals surface area contributed by atoms with Crippen LogP contribution in [0.4, 0.5) is 5.69 Å². The summed E-state index contributed by atoms with van der Waals surface area (Å²) in [6.45, 7) is 4.28. The number of hydrogen-bond donors (Lipinski definition) is 2. The van der Waals surface area contributed by atoms with Gasteiger partial charge in [-0.05, 0) is 71.2 Å². The van der Waals surface area contributed by atoms with Crippen LogP contribution in [0.2, 0.25) is 0 Å². The maximum absolute atomic E-state index is 14.9. The molecule has 3 amide bonds. The molecule has 4 atom stereocenters. The van der Waals surface area contributed by atoms with E-state index in [0.717, 1.165) is 16.5 Å². The van der Waals surface area contributed by atoms with Gasteiger partial charge in [0.1, 0.15) is 30.5 Å². The van der Waals surface area contributed by atoms with Crippen molar-refractivity contribution in [3.05, 3.63) is 126 Å². The molecule has 2 aliphatic rings. The Hall–Kier alpha value is -5.44. The number of rotatable bonds is 10. The smallest absolute Gasteiger partial charge is 0.251 e. The number of ether oxygens (including phenoxy) is 1. The van der Waals surface area contributed by atoms with E-state index in [4.69, 9.17) is 4.74 Å². The average molecular weight is 656 g/mol. The standard InChI is InChI=1S/C40H41N5O4/c1-4-25(2)36-38(46)43-35(30-20-27-14-8-9-15-28(27)21-30)40(48)45(36)37(29-18-19-33-31(22-29)23-41-44(33)3)39(47)42-32-16-10-11-17-34(32)49-24-26-12-6-5-7-13-26/h5-19,22-23,25,30,35-37H,4,20-21,24H2,1-3H3,(H,42,47)(H,43,46)/t25-,35?,36?,37?/m0/s1. The Bertz CT molecular complexity index is 1980. The highest BCUT2D eigenvalue weighted by Gasteiger charge is 2.50. The van der Waals surface area contributed by atoms with Gasteiger partial charge in [0.15, 0.2) is 0 Å². The van der Waals surface area contributed by atoms with Gasteiger partial charge in [0.2, 0.25) is 11.8 Å². The zero-order valence-electron chi connectivity index (χ0n) is 28.0. The molecule has 5 aromatic rings. The Morgan fingerprint density at radius 2 is 1.65 bits per heavy atom. The maximum Gasteiger partial charge on any atom is 0.251 e. The summed E-state index contributed by atoms with van der Waals surface area (Å²) in [4.78, 5) is 45.4. The third-order valence-electron chi connectivity index (χ3n) is 10.1. The molecular formula is C40H41N5O4. The van der Waals surface area contributed by atoms with Crippen molar-refractivity contribution in [1.82, 2.24) is 20.0 Å². The van der Waals surface area contributed by atoms with E-state index in [2.05, 4.69) is 27.9 Å². The van der Waals surface area contributed by atoms with Crippen LogP contribution in [0, 0.1) is 11.8 Å². The fraction of sp³-hybridized carbons (Fsp3) is 0.300. The number of nitrogens with one attached hydrogen (secondary N) is 2. The Morgan fingerprint density at radius 3 is 2.39 bits per heavy atom. The van der Waals surface area contributed by atoms with Crippen LogP contribution in [0.3, 0.4) is 0 Å². The predicted molar refractivity (Wildman–Crippen MR) is 189 cm³/mol. The second kappa shape index (κ2) is 13.6. The quantitative estimate of drug-likeness (QED) is 0.192. The van der Waals surface area contributed by atoms with Gasteiger partial charge in [-0.25, -0.2) is 0 Å². The fourth-order valence-corrected chi connectivity index (χ4v) is 7.34. The molecule has 9 nitrogen and oxygen atoms in total. The largest absolute Gasteiger partial charge is 0.487 e. The minimum atomic E-state index is -1.10. The number of anilines is 1. The van der Waals surface area contributed by atoms with Gasteiger partial charge in [0, 0.05) is 12.4 Å². The second-order valence-electron chi connectivity index (χ2n) is 13.2. The number of carbonyl (C=O) groups excluding carboxylic acids is 3. The minimum absolute atomic E-state index is 0.120. The Morgan fingerprint density at radius 1 is 0.959 bits per heavy atom. The molecule has 3 unspecified atom stereocenters. The first-order valence-corrected chi connectivity index (χ1v) is 17.0. The van der Waals surface area contributed by atoms with E-state index < -0.39 is 24.0 Å². The van der Waals surface area contributed by atoms with Crippen LogP contribution in [-0.4, -0.2) is 44.5 Å². The lowest BCUT2D eigenvalue weighted by atomic mass is 9.85. The highest BCUT2D eigenvalue weighted by atomic mass is 16.5. The number of para-hydroxylation sites is 2. The van der Waals surface area contributed by atoms with Gasteiger partial charge < -0.3 is 20.3 Å². The molecule has 250 valence electrons. The number of fused-ring (bicyclic) bond motifs is 2. The minimum Gasteiger partial charge on any atom is -0.487 e. The van der Waals surface area contributed by atoms with Gasteiger partial charge in [-0.3, -0.25) is 19.1 Å². The summed E-state index contributed by atoms with van der Waals surface area (Å²) >= 11 is 0. The number of aryl methyl sites for hydroxylation is 1. The number of piperazine rings is 1. The molecule has 2 N–H and O–H groups in total. The summed E-state index contributed by atoms with van der Waals surface area (Å²) in [7, 11) is 1.86. The molecular weight excluding hydrogens is 614 g/mol. The summed E-state index contributed by atoms with van der Waals surface area (Å²) in [5.74, 6) is -0.729. The van der Waals surface area contributed by atoms with Gasteiger partial charge in [0.05, 0.1) is 17.4 Å². The normalized spacial score (nSPS) is 19.0. The van der Waals surface area contributed by atoms with Crippen LogP contribution in [0.25, 0.3) is 10.9 Å². The van der Waals surface area contributed by atoms with Crippen molar-refractivity contribution in [3.8, 4) is 5.75 Å². The monoisotopic (exact) mass is 655 g/mol. The van der Waals surface area contributed by atoms with Crippen LogP contribution in [0.15, 0.2) is 103 Å². The molecule has 1 aromatic heterocycles. The van der Waals surface area contributed by atoms with E-state index in [9.17, 15) is 14.4 Å². The molecule has 0 saturated carbocycles. The van der Waals surface area contributed by atoms with E-state index >= 15 is 0 Å². The fourth-order valence-electron chi connectivity index (χ4n) is 7.34. The van der Waals surface area contributed by atoms with E-state index in [1.54, 1.807) is 21.8 Å². The molecule has 1 aliphatic heterocycles. The summed E-state index contributed by atoms with van der Waals surface area (Å²) in [5.41, 5.74) is 5.35. The maximum atomic E-state index is 14.9. The molecule has 0 radical (unpaired) electrons. The third kappa shape index (κ3) is 6.28. The van der Waals surface area contributed by atoms with E-state index in [1.807, 2.05) is 99.8 Å². The SMILES string of the molecule is CC[C@H](C)C1C(=O)NC(C2Cc3ccccc3C2)C(=O)N1C(C(=O)Nc1ccccc1OCc1ccccc1)c1ccc2c(cnn2C)c1.